The Balaban J connectivity index is 1.52. The molecule has 1 heterocycles. The monoisotopic (exact) mass is 392 g/mol. The second-order valence-electron chi connectivity index (χ2n) is 8.18. The summed E-state index contributed by atoms with van der Waals surface area (Å²) in [4.78, 5) is 7.33. The fourth-order valence-electron chi connectivity index (χ4n) is 4.42. The van der Waals surface area contributed by atoms with E-state index in [4.69, 9.17) is 0 Å². The van der Waals surface area contributed by atoms with Crippen molar-refractivity contribution in [3.05, 3.63) is 35.4 Å². The number of nitrogens with zero attached hydrogens (tertiary/aromatic N) is 2. The molecular weight excluding hydrogens is 358 g/mol. The molecular formula is C22H34F2N4. The van der Waals surface area contributed by atoms with E-state index in [0.717, 1.165) is 50.5 Å². The molecule has 0 bridgehead atoms. The number of guanidine groups is 1. The molecule has 28 heavy (non-hydrogen) atoms. The van der Waals surface area contributed by atoms with Gasteiger partial charge in [-0.3, -0.25) is 4.99 Å². The van der Waals surface area contributed by atoms with E-state index in [-0.39, 0.29) is 5.92 Å². The summed E-state index contributed by atoms with van der Waals surface area (Å²) < 4.78 is 27.1. The van der Waals surface area contributed by atoms with Gasteiger partial charge < -0.3 is 15.5 Å². The Morgan fingerprint density at radius 2 is 1.89 bits per heavy atom. The molecule has 1 aliphatic carbocycles. The average molecular weight is 393 g/mol. The molecule has 2 fully saturated rings. The number of halogens is 2. The maximum Gasteiger partial charge on any atom is 0.191 e. The van der Waals surface area contributed by atoms with Crippen LogP contribution in [0, 0.1) is 11.6 Å². The molecule has 1 aromatic carbocycles. The second kappa shape index (κ2) is 10.2. The molecule has 1 unspecified atom stereocenters. The lowest BCUT2D eigenvalue weighted by Crippen LogP contribution is -2.50. The number of hydrogen-bond acceptors (Lipinski definition) is 2. The molecule has 1 saturated carbocycles. The highest BCUT2D eigenvalue weighted by Gasteiger charge is 2.27. The molecule has 156 valence electrons. The van der Waals surface area contributed by atoms with Gasteiger partial charge in [-0.05, 0) is 44.2 Å². The largest absolute Gasteiger partial charge is 0.357 e. The average Bonchev–Trinajstić information content (AvgIpc) is 3.21. The van der Waals surface area contributed by atoms with Crippen molar-refractivity contribution in [2.45, 2.75) is 70.4 Å². The first kappa shape index (κ1) is 21.0. The molecule has 1 aliphatic heterocycles. The van der Waals surface area contributed by atoms with Crippen LogP contribution in [0.25, 0.3) is 0 Å². The Morgan fingerprint density at radius 3 is 2.54 bits per heavy atom. The number of rotatable bonds is 6. The quantitative estimate of drug-likeness (QED) is 0.567. The molecule has 2 aliphatic rings. The minimum absolute atomic E-state index is 0.111. The van der Waals surface area contributed by atoms with Crippen LogP contribution >= 0.6 is 0 Å². The van der Waals surface area contributed by atoms with Gasteiger partial charge >= 0.3 is 0 Å². The van der Waals surface area contributed by atoms with E-state index in [9.17, 15) is 8.78 Å². The van der Waals surface area contributed by atoms with Gasteiger partial charge in [-0.15, -0.1) is 0 Å². The van der Waals surface area contributed by atoms with Crippen molar-refractivity contribution < 1.29 is 8.78 Å². The van der Waals surface area contributed by atoms with Crippen molar-refractivity contribution in [3.63, 3.8) is 0 Å². The van der Waals surface area contributed by atoms with Crippen LogP contribution < -0.4 is 10.6 Å². The Bertz CT molecular complexity index is 650. The van der Waals surface area contributed by atoms with Gasteiger partial charge in [-0.1, -0.05) is 25.8 Å². The lowest BCUT2D eigenvalue weighted by Gasteiger charge is -2.36. The predicted octanol–water partition coefficient (Wildman–Crippen LogP) is 4.03. The van der Waals surface area contributed by atoms with Crippen LogP contribution in [0.1, 0.15) is 63.9 Å². The van der Waals surface area contributed by atoms with E-state index in [0.29, 0.717) is 18.2 Å². The first-order valence-electron chi connectivity index (χ1n) is 10.8. The van der Waals surface area contributed by atoms with Crippen LogP contribution in [0.4, 0.5) is 8.78 Å². The SMILES string of the molecule is CCNC(=NCC(C)c1ccc(F)cc1F)NC1CCN(C2CCCC2)CC1. The summed E-state index contributed by atoms with van der Waals surface area (Å²) in [6.45, 7) is 7.51. The molecule has 1 atom stereocenters. The van der Waals surface area contributed by atoms with E-state index < -0.39 is 11.6 Å². The predicted molar refractivity (Wildman–Crippen MR) is 111 cm³/mol. The fraction of sp³-hybridized carbons (Fsp3) is 0.682. The van der Waals surface area contributed by atoms with Gasteiger partial charge in [0.25, 0.3) is 0 Å². The van der Waals surface area contributed by atoms with Crippen molar-refractivity contribution >= 4 is 5.96 Å². The summed E-state index contributed by atoms with van der Waals surface area (Å²) in [5.74, 6) is -0.368. The van der Waals surface area contributed by atoms with Gasteiger partial charge in [0.1, 0.15) is 11.6 Å². The molecule has 0 spiro atoms. The third-order valence-electron chi connectivity index (χ3n) is 6.07. The van der Waals surface area contributed by atoms with Crippen LogP contribution in [0.2, 0.25) is 0 Å². The zero-order valence-electron chi connectivity index (χ0n) is 17.2. The second-order valence-corrected chi connectivity index (χ2v) is 8.18. The van der Waals surface area contributed by atoms with Crippen molar-refractivity contribution in [2.24, 2.45) is 4.99 Å². The molecule has 1 aromatic rings. The summed E-state index contributed by atoms with van der Waals surface area (Å²) in [5, 5.41) is 6.86. The van der Waals surface area contributed by atoms with Gasteiger partial charge in [0.05, 0.1) is 0 Å². The van der Waals surface area contributed by atoms with E-state index in [1.165, 1.54) is 37.8 Å². The van der Waals surface area contributed by atoms with Crippen molar-refractivity contribution in [1.29, 1.82) is 0 Å². The standard InChI is InChI=1S/C22H34F2N4/c1-3-25-22(26-15-16(2)20-9-8-17(23)14-21(20)24)27-18-10-12-28(13-11-18)19-6-4-5-7-19/h8-9,14,16,18-19H,3-7,10-13,15H2,1-2H3,(H2,25,26,27). The highest BCUT2D eigenvalue weighted by molar-refractivity contribution is 5.80. The van der Waals surface area contributed by atoms with Crippen molar-refractivity contribution in [1.82, 2.24) is 15.5 Å². The Kier molecular flexibility index (Phi) is 7.65. The Labute approximate surface area is 167 Å². The topological polar surface area (TPSA) is 39.7 Å². The minimum atomic E-state index is -0.545. The van der Waals surface area contributed by atoms with Crippen LogP contribution in [0.5, 0.6) is 0 Å². The number of hydrogen-bond donors (Lipinski definition) is 2. The van der Waals surface area contributed by atoms with Gasteiger partial charge in [-0.25, -0.2) is 8.78 Å². The molecule has 1 saturated heterocycles. The zero-order chi connectivity index (χ0) is 19.9. The maximum absolute atomic E-state index is 14.0. The van der Waals surface area contributed by atoms with Crippen LogP contribution in [0.15, 0.2) is 23.2 Å². The van der Waals surface area contributed by atoms with Crippen LogP contribution in [0.3, 0.4) is 0 Å². The van der Waals surface area contributed by atoms with Crippen LogP contribution in [-0.2, 0) is 0 Å². The van der Waals surface area contributed by atoms with Crippen LogP contribution in [-0.4, -0.2) is 49.1 Å². The molecule has 0 amide bonds. The fourth-order valence-corrected chi connectivity index (χ4v) is 4.42. The van der Waals surface area contributed by atoms with Crippen molar-refractivity contribution in [3.8, 4) is 0 Å². The highest BCUT2D eigenvalue weighted by atomic mass is 19.1. The molecule has 0 aromatic heterocycles. The van der Waals surface area contributed by atoms with E-state index in [1.807, 2.05) is 13.8 Å². The lowest BCUT2D eigenvalue weighted by atomic mass is 10.0. The first-order valence-corrected chi connectivity index (χ1v) is 10.8. The normalized spacial score (nSPS) is 21.1. The number of piperidine rings is 1. The Morgan fingerprint density at radius 1 is 1.18 bits per heavy atom. The summed E-state index contributed by atoms with van der Waals surface area (Å²) in [6.07, 6.45) is 7.74. The van der Waals surface area contributed by atoms with Gasteiger partial charge in [-0.2, -0.15) is 0 Å². The zero-order valence-corrected chi connectivity index (χ0v) is 17.2. The summed E-state index contributed by atoms with van der Waals surface area (Å²) in [5.41, 5.74) is 0.505. The smallest absolute Gasteiger partial charge is 0.191 e. The van der Waals surface area contributed by atoms with E-state index >= 15 is 0 Å². The van der Waals surface area contributed by atoms with Gasteiger partial charge in [0.15, 0.2) is 5.96 Å². The minimum Gasteiger partial charge on any atom is -0.357 e. The van der Waals surface area contributed by atoms with Gasteiger partial charge in [0, 0.05) is 50.2 Å². The lowest BCUT2D eigenvalue weighted by molar-refractivity contribution is 0.150. The number of aliphatic imine (C=N–C) groups is 1. The summed E-state index contributed by atoms with van der Waals surface area (Å²) in [6, 6.07) is 4.99. The summed E-state index contributed by atoms with van der Waals surface area (Å²) >= 11 is 0. The number of nitrogens with one attached hydrogen (secondary N) is 2. The molecule has 6 heteroatoms. The third kappa shape index (κ3) is 5.66. The molecule has 4 nitrogen and oxygen atoms in total. The number of likely N-dealkylation sites (tertiary alicyclic amines) is 1. The maximum atomic E-state index is 14.0. The molecule has 0 radical (unpaired) electrons. The summed E-state index contributed by atoms with van der Waals surface area (Å²) in [7, 11) is 0. The van der Waals surface area contributed by atoms with E-state index in [1.54, 1.807) is 0 Å². The van der Waals surface area contributed by atoms with Gasteiger partial charge in [0.2, 0.25) is 0 Å². The highest BCUT2D eigenvalue weighted by Crippen LogP contribution is 2.26. The Hall–Kier alpha value is -1.69. The van der Waals surface area contributed by atoms with Crippen molar-refractivity contribution in [2.75, 3.05) is 26.2 Å². The molecule has 3 rings (SSSR count). The van der Waals surface area contributed by atoms with E-state index in [2.05, 4.69) is 20.5 Å². The molecule has 2 N–H and O–H groups in total. The third-order valence-corrected chi connectivity index (χ3v) is 6.07. The number of benzene rings is 1. The first-order chi connectivity index (χ1) is 13.6.